The maximum absolute atomic E-state index is 12.7. The number of esters is 2. The SMILES string of the molecule is CCCCC/C=C\C/C=C\CCCCCCCC(=O)OC(COC(=O)CCCCCCCCC/C=C\CCCCCCCCC)COP(=O)([O-])OCC[N+](C)(C)C. The molecule has 0 spiro atoms. The molecule has 0 heterocycles. The van der Waals surface area contributed by atoms with Gasteiger partial charge in [0.2, 0.25) is 0 Å². The van der Waals surface area contributed by atoms with E-state index in [1.807, 2.05) is 21.1 Å². The van der Waals surface area contributed by atoms with Crippen molar-refractivity contribution in [3.8, 4) is 0 Å². The molecule has 0 aromatic heterocycles. The lowest BCUT2D eigenvalue weighted by molar-refractivity contribution is -0.870. The number of rotatable bonds is 42. The topological polar surface area (TPSA) is 111 Å². The predicted molar refractivity (Wildman–Crippen MR) is 236 cm³/mol. The zero-order valence-electron chi connectivity index (χ0n) is 37.5. The number of carbonyl (C=O) groups excluding carboxylic acids is 2. The van der Waals surface area contributed by atoms with Crippen LogP contribution in [0.15, 0.2) is 36.5 Å². The lowest BCUT2D eigenvalue weighted by atomic mass is 10.1. The summed E-state index contributed by atoms with van der Waals surface area (Å²) in [4.78, 5) is 37.6. The third-order valence-electron chi connectivity index (χ3n) is 9.88. The molecular weight excluding hydrogens is 737 g/mol. The number of nitrogens with zero attached hydrogens (tertiary/aromatic N) is 1. The van der Waals surface area contributed by atoms with Crippen LogP contribution in [0.5, 0.6) is 0 Å². The number of hydrogen-bond acceptors (Lipinski definition) is 8. The van der Waals surface area contributed by atoms with Crippen molar-refractivity contribution in [3.05, 3.63) is 36.5 Å². The van der Waals surface area contributed by atoms with Crippen LogP contribution in [-0.4, -0.2) is 70.0 Å². The van der Waals surface area contributed by atoms with Gasteiger partial charge in [-0.1, -0.05) is 153 Å². The van der Waals surface area contributed by atoms with Gasteiger partial charge in [0.15, 0.2) is 6.10 Å². The Morgan fingerprint density at radius 2 is 0.947 bits per heavy atom. The average Bonchev–Trinajstić information content (AvgIpc) is 3.16. The second-order valence-corrected chi connectivity index (χ2v) is 18.2. The second kappa shape index (κ2) is 39.7. The van der Waals surface area contributed by atoms with Gasteiger partial charge in [-0.2, -0.15) is 0 Å². The van der Waals surface area contributed by atoms with Gasteiger partial charge in [-0.3, -0.25) is 14.2 Å². The first kappa shape index (κ1) is 55.2. The molecule has 0 aromatic carbocycles. The van der Waals surface area contributed by atoms with E-state index in [-0.39, 0.29) is 26.1 Å². The molecule has 0 saturated carbocycles. The molecule has 9 nitrogen and oxygen atoms in total. The molecule has 0 aliphatic rings. The Balaban J connectivity index is 4.34. The molecule has 0 aliphatic carbocycles. The Kier molecular flexibility index (Phi) is 38.4. The summed E-state index contributed by atoms with van der Waals surface area (Å²) in [6, 6.07) is 0. The van der Waals surface area contributed by atoms with E-state index in [4.69, 9.17) is 18.5 Å². The number of phosphoric ester groups is 1. The highest BCUT2D eigenvalue weighted by atomic mass is 31.2. The van der Waals surface area contributed by atoms with Gasteiger partial charge in [0.1, 0.15) is 19.8 Å². The first-order valence-corrected chi connectivity index (χ1v) is 24.7. The molecule has 0 amide bonds. The van der Waals surface area contributed by atoms with Crippen molar-refractivity contribution >= 4 is 19.8 Å². The molecule has 57 heavy (non-hydrogen) atoms. The van der Waals surface area contributed by atoms with Crippen LogP contribution < -0.4 is 4.89 Å². The van der Waals surface area contributed by atoms with Crippen molar-refractivity contribution in [1.29, 1.82) is 0 Å². The fourth-order valence-electron chi connectivity index (χ4n) is 6.21. The standard InChI is InChI=1S/C47H88NO8P/c1-6-8-10-12-14-16-18-20-22-23-24-26-27-29-31-33-35-37-39-46(49)53-43-45(44-55-57(51,52)54-42-41-48(3,4)5)56-47(50)40-38-36-34-32-30-28-25-21-19-17-15-13-11-9-7-2/h15,17,21-23,25,45H,6-14,16,18-20,24,26-44H2,1-5H3/b17-15-,23-22-,25-21-. The van der Waals surface area contributed by atoms with Crippen LogP contribution in [-0.2, 0) is 32.7 Å². The minimum Gasteiger partial charge on any atom is -0.756 e. The highest BCUT2D eigenvalue weighted by Gasteiger charge is 2.21. The summed E-state index contributed by atoms with van der Waals surface area (Å²) in [6.07, 6.45) is 44.5. The molecule has 0 aliphatic heterocycles. The Morgan fingerprint density at radius 3 is 1.44 bits per heavy atom. The summed E-state index contributed by atoms with van der Waals surface area (Å²) in [5.74, 6) is -0.853. The van der Waals surface area contributed by atoms with Gasteiger partial charge in [0.25, 0.3) is 7.82 Å². The molecule has 0 aromatic rings. The summed E-state index contributed by atoms with van der Waals surface area (Å²) in [5, 5.41) is 0. The predicted octanol–water partition coefficient (Wildman–Crippen LogP) is 12.7. The van der Waals surface area contributed by atoms with E-state index >= 15 is 0 Å². The van der Waals surface area contributed by atoms with E-state index in [9.17, 15) is 19.0 Å². The summed E-state index contributed by atoms with van der Waals surface area (Å²) in [6.45, 7) is 4.19. The molecule has 2 unspecified atom stereocenters. The third-order valence-corrected chi connectivity index (χ3v) is 10.8. The van der Waals surface area contributed by atoms with Crippen LogP contribution in [0.1, 0.15) is 200 Å². The van der Waals surface area contributed by atoms with Crippen LogP contribution in [0.25, 0.3) is 0 Å². The van der Waals surface area contributed by atoms with E-state index in [0.717, 1.165) is 70.6 Å². The van der Waals surface area contributed by atoms with Gasteiger partial charge in [-0.15, -0.1) is 0 Å². The van der Waals surface area contributed by atoms with Gasteiger partial charge in [-0.25, -0.2) is 0 Å². The Bertz CT molecular complexity index is 1070. The molecule has 0 bridgehead atoms. The minimum absolute atomic E-state index is 0.0344. The number of allylic oxidation sites excluding steroid dienone is 6. The first-order chi connectivity index (χ1) is 27.5. The van der Waals surface area contributed by atoms with Gasteiger partial charge >= 0.3 is 11.9 Å². The van der Waals surface area contributed by atoms with Gasteiger partial charge in [0.05, 0.1) is 27.7 Å². The fraction of sp³-hybridized carbons (Fsp3) is 0.830. The second-order valence-electron chi connectivity index (χ2n) is 16.8. The minimum atomic E-state index is -4.63. The number of likely N-dealkylation sites (N-methyl/N-ethyl adjacent to an activating group) is 1. The third kappa shape index (κ3) is 43.6. The van der Waals surface area contributed by atoms with E-state index in [0.29, 0.717) is 17.4 Å². The van der Waals surface area contributed by atoms with Crippen molar-refractivity contribution in [2.45, 2.75) is 206 Å². The molecule has 0 fully saturated rings. The van der Waals surface area contributed by atoms with Crippen molar-refractivity contribution in [2.75, 3.05) is 47.5 Å². The normalized spacial score (nSPS) is 13.9. The molecule has 0 N–H and O–H groups in total. The zero-order chi connectivity index (χ0) is 42.1. The number of hydrogen-bond donors (Lipinski definition) is 0. The number of phosphoric acid groups is 1. The first-order valence-electron chi connectivity index (χ1n) is 23.2. The van der Waals surface area contributed by atoms with E-state index in [2.05, 4.69) is 50.3 Å². The molecule has 10 heteroatoms. The zero-order valence-corrected chi connectivity index (χ0v) is 38.4. The molecule has 0 rings (SSSR count). The van der Waals surface area contributed by atoms with Gasteiger partial charge < -0.3 is 27.9 Å². The Morgan fingerprint density at radius 1 is 0.544 bits per heavy atom. The van der Waals surface area contributed by atoms with Gasteiger partial charge in [-0.05, 0) is 70.6 Å². The highest BCUT2D eigenvalue weighted by molar-refractivity contribution is 7.45. The van der Waals surface area contributed by atoms with E-state index in [1.165, 1.54) is 96.3 Å². The van der Waals surface area contributed by atoms with Crippen LogP contribution in [0.4, 0.5) is 0 Å². The van der Waals surface area contributed by atoms with Crippen LogP contribution in [0.3, 0.4) is 0 Å². The van der Waals surface area contributed by atoms with Crippen molar-refractivity contribution < 1.29 is 42.1 Å². The maximum Gasteiger partial charge on any atom is 0.306 e. The molecular formula is C47H88NO8P. The summed E-state index contributed by atoms with van der Waals surface area (Å²) >= 11 is 0. The van der Waals surface area contributed by atoms with Crippen LogP contribution >= 0.6 is 7.82 Å². The molecule has 334 valence electrons. The van der Waals surface area contributed by atoms with E-state index < -0.39 is 32.5 Å². The Hall–Kier alpha value is -1.77. The smallest absolute Gasteiger partial charge is 0.306 e. The Labute approximate surface area is 351 Å². The summed E-state index contributed by atoms with van der Waals surface area (Å²) in [7, 11) is 1.15. The van der Waals surface area contributed by atoms with Crippen LogP contribution in [0.2, 0.25) is 0 Å². The summed E-state index contributed by atoms with van der Waals surface area (Å²) in [5.41, 5.74) is 0. The summed E-state index contributed by atoms with van der Waals surface area (Å²) < 4.78 is 33.9. The molecule has 0 saturated heterocycles. The highest BCUT2D eigenvalue weighted by Crippen LogP contribution is 2.38. The molecule has 0 radical (unpaired) electrons. The number of quaternary nitrogens is 1. The van der Waals surface area contributed by atoms with Gasteiger partial charge in [0, 0.05) is 12.8 Å². The van der Waals surface area contributed by atoms with Crippen molar-refractivity contribution in [3.63, 3.8) is 0 Å². The fourth-order valence-corrected chi connectivity index (χ4v) is 6.94. The lowest BCUT2D eigenvalue weighted by Crippen LogP contribution is -2.37. The van der Waals surface area contributed by atoms with Crippen molar-refractivity contribution in [2.24, 2.45) is 0 Å². The largest absolute Gasteiger partial charge is 0.756 e. The lowest BCUT2D eigenvalue weighted by Gasteiger charge is -2.28. The number of unbranched alkanes of at least 4 members (excludes halogenated alkanes) is 22. The maximum atomic E-state index is 12.7. The van der Waals surface area contributed by atoms with Crippen molar-refractivity contribution in [1.82, 2.24) is 0 Å². The number of ether oxygens (including phenoxy) is 2. The molecule has 2 atom stereocenters. The van der Waals surface area contributed by atoms with Crippen LogP contribution in [0, 0.1) is 0 Å². The number of carbonyl (C=O) groups is 2. The average molecular weight is 826 g/mol. The quantitative estimate of drug-likeness (QED) is 0.0197. The monoisotopic (exact) mass is 826 g/mol. The van der Waals surface area contributed by atoms with E-state index in [1.54, 1.807) is 0 Å².